The van der Waals surface area contributed by atoms with Crippen molar-refractivity contribution < 1.29 is 22.8 Å². The van der Waals surface area contributed by atoms with Crippen molar-refractivity contribution in [2.75, 3.05) is 17.2 Å². The number of hydrogen-bond donors (Lipinski definition) is 2. The van der Waals surface area contributed by atoms with Crippen LogP contribution in [0.4, 0.5) is 29.3 Å². The Morgan fingerprint density at radius 1 is 0.967 bits per heavy atom. The summed E-state index contributed by atoms with van der Waals surface area (Å²) < 4.78 is 38.0. The smallest absolute Gasteiger partial charge is 0.324 e. The van der Waals surface area contributed by atoms with Crippen LogP contribution in [0.15, 0.2) is 48.5 Å². The molecule has 0 radical (unpaired) electrons. The maximum Gasteiger partial charge on any atom is 0.416 e. The molecule has 0 saturated carbocycles. The Bertz CT molecular complexity index is 893. The van der Waals surface area contributed by atoms with E-state index >= 15 is 0 Å². The largest absolute Gasteiger partial charge is 0.416 e. The van der Waals surface area contributed by atoms with Gasteiger partial charge < -0.3 is 15.5 Å². The lowest BCUT2D eigenvalue weighted by molar-refractivity contribution is -0.137. The summed E-state index contributed by atoms with van der Waals surface area (Å²) in [6, 6.07) is 10.7. The monoisotopic (exact) mass is 419 g/mol. The number of nitrogens with zero attached hydrogens (tertiary/aromatic N) is 1. The lowest BCUT2D eigenvalue weighted by Gasteiger charge is -2.24. The Morgan fingerprint density at radius 3 is 2.10 bits per heavy atom. The van der Waals surface area contributed by atoms with Crippen LogP contribution in [0.5, 0.6) is 0 Å². The molecule has 2 aromatic rings. The third-order valence-electron chi connectivity index (χ3n) is 5.12. The fourth-order valence-electron chi connectivity index (χ4n) is 3.40. The molecule has 160 valence electrons. The van der Waals surface area contributed by atoms with Crippen molar-refractivity contribution in [1.29, 1.82) is 0 Å². The Balaban J connectivity index is 1.62. The van der Waals surface area contributed by atoms with E-state index in [0.717, 1.165) is 17.7 Å². The second-order valence-corrected chi connectivity index (χ2v) is 7.62. The number of hydrogen-bond acceptors (Lipinski definition) is 2. The van der Waals surface area contributed by atoms with Gasteiger partial charge in [-0.2, -0.15) is 13.2 Å². The molecule has 5 nitrogen and oxygen atoms in total. The molecule has 1 aliphatic rings. The molecule has 0 aromatic heterocycles. The fourth-order valence-corrected chi connectivity index (χ4v) is 3.40. The van der Waals surface area contributed by atoms with Crippen LogP contribution < -0.4 is 10.6 Å². The van der Waals surface area contributed by atoms with E-state index in [2.05, 4.69) is 24.5 Å². The van der Waals surface area contributed by atoms with Gasteiger partial charge in [0, 0.05) is 17.9 Å². The van der Waals surface area contributed by atoms with Gasteiger partial charge in [-0.3, -0.25) is 4.79 Å². The fraction of sp³-hybridized carbons (Fsp3) is 0.364. The maximum atomic E-state index is 12.7. The molecular weight excluding hydrogens is 395 g/mol. The topological polar surface area (TPSA) is 61.4 Å². The minimum Gasteiger partial charge on any atom is -0.324 e. The number of carbonyl (C=O) groups is 2. The molecule has 0 spiro atoms. The van der Waals surface area contributed by atoms with Crippen molar-refractivity contribution in [2.45, 2.75) is 44.8 Å². The highest BCUT2D eigenvalue weighted by Crippen LogP contribution is 2.30. The van der Waals surface area contributed by atoms with Crippen LogP contribution in [0.2, 0.25) is 0 Å². The molecule has 1 heterocycles. The Hall–Kier alpha value is -3.03. The Morgan fingerprint density at radius 2 is 1.53 bits per heavy atom. The first-order chi connectivity index (χ1) is 14.1. The number of carbonyl (C=O) groups excluding carboxylic acids is 2. The average molecular weight is 419 g/mol. The number of halogens is 3. The zero-order chi connectivity index (χ0) is 21.9. The zero-order valence-electron chi connectivity index (χ0n) is 16.8. The van der Waals surface area contributed by atoms with Crippen LogP contribution in [-0.2, 0) is 11.0 Å². The van der Waals surface area contributed by atoms with Crippen LogP contribution in [0, 0.1) is 0 Å². The molecule has 1 fully saturated rings. The number of likely N-dealkylation sites (tertiary alicyclic amines) is 1. The van der Waals surface area contributed by atoms with Crippen LogP contribution >= 0.6 is 0 Å². The van der Waals surface area contributed by atoms with Crippen molar-refractivity contribution in [3.8, 4) is 0 Å². The lowest BCUT2D eigenvalue weighted by atomic mass is 10.0. The van der Waals surface area contributed by atoms with Crippen LogP contribution in [0.1, 0.15) is 43.7 Å². The van der Waals surface area contributed by atoms with E-state index in [1.807, 2.05) is 24.3 Å². The lowest BCUT2D eigenvalue weighted by Crippen LogP contribution is -2.45. The number of amides is 3. The molecule has 1 unspecified atom stereocenters. The molecule has 30 heavy (non-hydrogen) atoms. The summed E-state index contributed by atoms with van der Waals surface area (Å²) in [7, 11) is 0. The van der Waals surface area contributed by atoms with E-state index in [9.17, 15) is 22.8 Å². The third-order valence-corrected chi connectivity index (χ3v) is 5.12. The van der Waals surface area contributed by atoms with Gasteiger partial charge in [0.1, 0.15) is 6.04 Å². The summed E-state index contributed by atoms with van der Waals surface area (Å²) >= 11 is 0. The predicted molar refractivity (Wildman–Crippen MR) is 109 cm³/mol. The van der Waals surface area contributed by atoms with Gasteiger partial charge in [-0.25, -0.2) is 4.79 Å². The average Bonchev–Trinajstić information content (AvgIpc) is 3.18. The quantitative estimate of drug-likeness (QED) is 0.691. The number of anilines is 2. The number of nitrogens with one attached hydrogen (secondary N) is 2. The first-order valence-electron chi connectivity index (χ1n) is 9.81. The summed E-state index contributed by atoms with van der Waals surface area (Å²) in [6.07, 6.45) is -3.27. The van der Waals surface area contributed by atoms with Gasteiger partial charge in [0.2, 0.25) is 5.91 Å². The summed E-state index contributed by atoms with van der Waals surface area (Å²) in [5, 5.41) is 5.41. The van der Waals surface area contributed by atoms with Gasteiger partial charge in [0.15, 0.2) is 0 Å². The highest BCUT2D eigenvalue weighted by atomic mass is 19.4. The van der Waals surface area contributed by atoms with Crippen molar-refractivity contribution in [3.05, 3.63) is 59.7 Å². The number of alkyl halides is 3. The van der Waals surface area contributed by atoms with Crippen molar-refractivity contribution in [1.82, 2.24) is 4.90 Å². The molecule has 1 aliphatic heterocycles. The summed E-state index contributed by atoms with van der Waals surface area (Å²) in [5.41, 5.74) is 1.26. The molecule has 3 amide bonds. The van der Waals surface area contributed by atoms with E-state index in [-0.39, 0.29) is 11.7 Å². The predicted octanol–water partition coefficient (Wildman–Crippen LogP) is 5.46. The van der Waals surface area contributed by atoms with Crippen LogP contribution in [0.3, 0.4) is 0 Å². The van der Waals surface area contributed by atoms with E-state index in [4.69, 9.17) is 0 Å². The van der Waals surface area contributed by atoms with Gasteiger partial charge >= 0.3 is 12.2 Å². The number of urea groups is 1. The number of benzene rings is 2. The maximum absolute atomic E-state index is 12.7. The first kappa shape index (κ1) is 21.7. The highest BCUT2D eigenvalue weighted by molar-refractivity contribution is 5.99. The van der Waals surface area contributed by atoms with Crippen LogP contribution in [0.25, 0.3) is 0 Å². The molecule has 2 N–H and O–H groups in total. The summed E-state index contributed by atoms with van der Waals surface area (Å²) in [4.78, 5) is 26.7. The van der Waals surface area contributed by atoms with Gasteiger partial charge in [0.25, 0.3) is 0 Å². The minimum atomic E-state index is -4.43. The van der Waals surface area contributed by atoms with Crippen molar-refractivity contribution >= 4 is 23.3 Å². The number of rotatable bonds is 4. The van der Waals surface area contributed by atoms with Crippen molar-refractivity contribution in [2.24, 2.45) is 0 Å². The van der Waals surface area contributed by atoms with E-state index in [1.165, 1.54) is 17.0 Å². The normalized spacial score (nSPS) is 16.6. The summed E-state index contributed by atoms with van der Waals surface area (Å²) in [6.45, 7) is 4.59. The molecule has 3 rings (SSSR count). The zero-order valence-corrected chi connectivity index (χ0v) is 16.8. The molecule has 0 aliphatic carbocycles. The van der Waals surface area contributed by atoms with E-state index in [0.29, 0.717) is 31.0 Å². The highest BCUT2D eigenvalue weighted by Gasteiger charge is 2.34. The molecule has 8 heteroatoms. The summed E-state index contributed by atoms with van der Waals surface area (Å²) in [5.74, 6) is -0.0378. The molecule has 2 aromatic carbocycles. The van der Waals surface area contributed by atoms with Gasteiger partial charge in [-0.15, -0.1) is 0 Å². The Labute approximate surface area is 173 Å². The van der Waals surface area contributed by atoms with E-state index in [1.54, 1.807) is 0 Å². The third kappa shape index (κ3) is 5.11. The standard InChI is InChI=1S/C22H24F3N3O2/c1-14(2)15-5-9-18(10-6-15)27-21(30)28-13-3-4-19(28)20(29)26-17-11-7-16(8-12-17)22(23,24)25/h5-12,14,19H,3-4,13H2,1-2H3,(H,26,29)(H,27,30). The minimum absolute atomic E-state index is 0.254. The Kier molecular flexibility index (Phi) is 6.34. The first-order valence-corrected chi connectivity index (χ1v) is 9.81. The SMILES string of the molecule is CC(C)c1ccc(NC(=O)N2CCCC2C(=O)Nc2ccc(C(F)(F)F)cc2)cc1. The van der Waals surface area contributed by atoms with Gasteiger partial charge in [-0.1, -0.05) is 26.0 Å². The van der Waals surface area contributed by atoms with Crippen molar-refractivity contribution in [3.63, 3.8) is 0 Å². The second-order valence-electron chi connectivity index (χ2n) is 7.62. The van der Waals surface area contributed by atoms with Crippen LogP contribution in [-0.4, -0.2) is 29.4 Å². The molecular formula is C22H24F3N3O2. The van der Waals surface area contributed by atoms with E-state index < -0.39 is 23.7 Å². The van der Waals surface area contributed by atoms with Gasteiger partial charge in [0.05, 0.1) is 5.56 Å². The van der Waals surface area contributed by atoms with Gasteiger partial charge in [-0.05, 0) is 60.7 Å². The molecule has 0 bridgehead atoms. The molecule has 1 atom stereocenters. The second kappa shape index (κ2) is 8.77. The molecule has 1 saturated heterocycles.